The van der Waals surface area contributed by atoms with Crippen molar-refractivity contribution in [2.75, 3.05) is 13.2 Å². The van der Waals surface area contributed by atoms with Gasteiger partial charge in [-0.25, -0.2) is 13.2 Å². The maximum absolute atomic E-state index is 14.8. The second kappa shape index (κ2) is 9.74. The summed E-state index contributed by atoms with van der Waals surface area (Å²) < 4.78 is 54.6. The van der Waals surface area contributed by atoms with Gasteiger partial charge in [0.2, 0.25) is 0 Å². The summed E-state index contributed by atoms with van der Waals surface area (Å²) in [6.07, 6.45) is 6.08. The first kappa shape index (κ1) is 22.3. The molecule has 2 aliphatic rings. The molecule has 2 nitrogen and oxygen atoms in total. The van der Waals surface area contributed by atoms with Crippen LogP contribution in [-0.4, -0.2) is 19.5 Å². The molecule has 0 amide bonds. The van der Waals surface area contributed by atoms with Crippen molar-refractivity contribution in [1.29, 1.82) is 0 Å². The third-order valence-corrected chi connectivity index (χ3v) is 6.90. The van der Waals surface area contributed by atoms with Gasteiger partial charge in [0.1, 0.15) is 17.5 Å². The quantitative estimate of drug-likeness (QED) is 0.500. The fourth-order valence-electron chi connectivity index (χ4n) is 4.95. The normalized spacial score (nSPS) is 26.7. The van der Waals surface area contributed by atoms with Crippen LogP contribution in [0.3, 0.4) is 0 Å². The van der Waals surface area contributed by atoms with Crippen molar-refractivity contribution >= 4 is 0 Å². The van der Waals surface area contributed by atoms with E-state index in [0.29, 0.717) is 11.8 Å². The van der Waals surface area contributed by atoms with E-state index in [1.54, 1.807) is 6.07 Å². The average Bonchev–Trinajstić information content (AvgIpc) is 2.78. The molecule has 4 rings (SSSR count). The highest BCUT2D eigenvalue weighted by Crippen LogP contribution is 2.40. The molecule has 2 aromatic carbocycles. The minimum atomic E-state index is -0.662. The Morgan fingerprint density at radius 2 is 1.52 bits per heavy atom. The summed E-state index contributed by atoms with van der Waals surface area (Å²) in [7, 11) is 0. The molecule has 2 aromatic rings. The van der Waals surface area contributed by atoms with Crippen LogP contribution in [0, 0.1) is 36.2 Å². The molecule has 0 spiro atoms. The van der Waals surface area contributed by atoms with E-state index in [-0.39, 0.29) is 28.9 Å². The Hall–Kier alpha value is -1.85. The first-order chi connectivity index (χ1) is 15.0. The lowest BCUT2D eigenvalue weighted by atomic mass is 9.78. The van der Waals surface area contributed by atoms with E-state index in [1.807, 2.05) is 6.07 Å². The van der Waals surface area contributed by atoms with Gasteiger partial charge in [0.05, 0.1) is 13.2 Å². The summed E-state index contributed by atoms with van der Waals surface area (Å²) in [4.78, 5) is 0. The lowest BCUT2D eigenvalue weighted by Crippen LogP contribution is -2.38. The SMILES string of the molecule is CCCC1COC(C2CCC(c3ccc(-c4cc(F)c(C)c(F)c4)c(F)c3)CC2)OC1. The van der Waals surface area contributed by atoms with E-state index in [0.717, 1.165) is 57.3 Å². The molecule has 31 heavy (non-hydrogen) atoms. The highest BCUT2D eigenvalue weighted by Gasteiger charge is 2.33. The maximum atomic E-state index is 14.8. The minimum Gasteiger partial charge on any atom is -0.352 e. The van der Waals surface area contributed by atoms with Crippen molar-refractivity contribution in [1.82, 2.24) is 0 Å². The number of halogens is 3. The van der Waals surface area contributed by atoms with Crippen molar-refractivity contribution in [3.63, 3.8) is 0 Å². The molecule has 0 radical (unpaired) electrons. The average molecular weight is 433 g/mol. The van der Waals surface area contributed by atoms with Gasteiger partial charge >= 0.3 is 0 Å². The van der Waals surface area contributed by atoms with E-state index >= 15 is 0 Å². The Kier molecular flexibility index (Phi) is 7.02. The van der Waals surface area contributed by atoms with Crippen molar-refractivity contribution in [3.8, 4) is 11.1 Å². The van der Waals surface area contributed by atoms with Crippen LogP contribution < -0.4 is 0 Å². The monoisotopic (exact) mass is 432 g/mol. The molecule has 1 saturated carbocycles. The van der Waals surface area contributed by atoms with Crippen LogP contribution in [0.2, 0.25) is 0 Å². The summed E-state index contributed by atoms with van der Waals surface area (Å²) in [5, 5.41) is 0. The molecule has 0 unspecified atom stereocenters. The van der Waals surface area contributed by atoms with Gasteiger partial charge in [-0.1, -0.05) is 25.5 Å². The van der Waals surface area contributed by atoms with Crippen LogP contribution in [0.1, 0.15) is 62.5 Å². The predicted molar refractivity (Wildman–Crippen MR) is 115 cm³/mol. The molecule has 0 N–H and O–H groups in total. The Morgan fingerprint density at radius 3 is 2.10 bits per heavy atom. The van der Waals surface area contributed by atoms with Crippen molar-refractivity contribution in [2.24, 2.45) is 11.8 Å². The second-order valence-corrected chi connectivity index (χ2v) is 9.11. The molecular weight excluding hydrogens is 401 g/mol. The van der Waals surface area contributed by atoms with Crippen LogP contribution in [0.5, 0.6) is 0 Å². The highest BCUT2D eigenvalue weighted by molar-refractivity contribution is 5.65. The number of ether oxygens (including phenoxy) is 2. The summed E-state index contributed by atoms with van der Waals surface area (Å²) in [6, 6.07) is 7.44. The van der Waals surface area contributed by atoms with E-state index in [2.05, 4.69) is 6.92 Å². The van der Waals surface area contributed by atoms with Crippen molar-refractivity contribution in [2.45, 2.75) is 64.6 Å². The number of hydrogen-bond acceptors (Lipinski definition) is 2. The lowest BCUT2D eigenvalue weighted by molar-refractivity contribution is -0.229. The largest absolute Gasteiger partial charge is 0.352 e. The lowest BCUT2D eigenvalue weighted by Gasteiger charge is -2.37. The molecule has 1 aliphatic carbocycles. The molecule has 1 aliphatic heterocycles. The summed E-state index contributed by atoms with van der Waals surface area (Å²) in [5.41, 5.74) is 1.34. The van der Waals surface area contributed by atoms with E-state index < -0.39 is 17.5 Å². The van der Waals surface area contributed by atoms with Crippen molar-refractivity contribution < 1.29 is 22.6 Å². The fraction of sp³-hybridized carbons (Fsp3) is 0.538. The van der Waals surface area contributed by atoms with Crippen LogP contribution in [0.25, 0.3) is 11.1 Å². The Balaban J connectivity index is 1.38. The first-order valence-corrected chi connectivity index (χ1v) is 11.4. The summed E-state index contributed by atoms with van der Waals surface area (Å²) in [5.74, 6) is -0.586. The molecule has 1 saturated heterocycles. The van der Waals surface area contributed by atoms with Gasteiger partial charge in [-0.15, -0.1) is 0 Å². The van der Waals surface area contributed by atoms with Crippen LogP contribution in [0.4, 0.5) is 13.2 Å². The Morgan fingerprint density at radius 1 is 0.871 bits per heavy atom. The topological polar surface area (TPSA) is 18.5 Å². The summed E-state index contributed by atoms with van der Waals surface area (Å²) in [6.45, 7) is 5.12. The zero-order valence-corrected chi connectivity index (χ0v) is 18.3. The van der Waals surface area contributed by atoms with Gasteiger partial charge in [0, 0.05) is 23.0 Å². The van der Waals surface area contributed by atoms with Crippen LogP contribution >= 0.6 is 0 Å². The van der Waals surface area contributed by atoms with E-state index in [4.69, 9.17) is 9.47 Å². The predicted octanol–water partition coefficient (Wildman–Crippen LogP) is 7.14. The van der Waals surface area contributed by atoms with E-state index in [9.17, 15) is 13.2 Å². The fourth-order valence-corrected chi connectivity index (χ4v) is 4.95. The zero-order chi connectivity index (χ0) is 22.0. The molecule has 5 heteroatoms. The zero-order valence-electron chi connectivity index (χ0n) is 18.3. The minimum absolute atomic E-state index is 0.0515. The molecule has 0 aromatic heterocycles. The number of rotatable bonds is 5. The van der Waals surface area contributed by atoms with Gasteiger partial charge in [-0.2, -0.15) is 0 Å². The van der Waals surface area contributed by atoms with Crippen LogP contribution in [0.15, 0.2) is 30.3 Å². The van der Waals surface area contributed by atoms with Gasteiger partial charge in [0.15, 0.2) is 6.29 Å². The number of hydrogen-bond donors (Lipinski definition) is 0. The Labute approximate surface area is 182 Å². The second-order valence-electron chi connectivity index (χ2n) is 9.11. The van der Waals surface area contributed by atoms with Crippen molar-refractivity contribution in [3.05, 3.63) is 58.9 Å². The molecule has 168 valence electrons. The molecule has 2 fully saturated rings. The third kappa shape index (κ3) is 4.98. The Bertz CT molecular complexity index is 875. The molecule has 0 bridgehead atoms. The number of benzene rings is 2. The van der Waals surface area contributed by atoms with Gasteiger partial charge in [0.25, 0.3) is 0 Å². The molecular formula is C26H31F3O2. The standard InChI is InChI=1S/C26H31F3O2/c1-3-4-17-14-30-26(31-15-17)19-7-5-18(6-8-19)20-9-10-22(25(29)11-20)21-12-23(27)16(2)24(28)13-21/h9-13,17-19,26H,3-8,14-15H2,1-2H3. The van der Waals surface area contributed by atoms with Gasteiger partial charge in [-0.3, -0.25) is 0 Å². The smallest absolute Gasteiger partial charge is 0.160 e. The highest BCUT2D eigenvalue weighted by atomic mass is 19.1. The summed E-state index contributed by atoms with van der Waals surface area (Å²) >= 11 is 0. The van der Waals surface area contributed by atoms with Crippen LogP contribution in [-0.2, 0) is 9.47 Å². The first-order valence-electron chi connectivity index (χ1n) is 11.4. The maximum Gasteiger partial charge on any atom is 0.160 e. The van der Waals surface area contributed by atoms with E-state index in [1.165, 1.54) is 25.1 Å². The van der Waals surface area contributed by atoms with Gasteiger partial charge < -0.3 is 9.47 Å². The molecule has 0 atom stereocenters. The molecule has 1 heterocycles. The third-order valence-electron chi connectivity index (χ3n) is 6.90. The van der Waals surface area contributed by atoms with Gasteiger partial charge in [-0.05, 0) is 74.3 Å².